The van der Waals surface area contributed by atoms with Crippen molar-refractivity contribution in [2.24, 2.45) is 0 Å². The van der Waals surface area contributed by atoms with E-state index in [1.807, 2.05) is 37.3 Å². The molecule has 0 saturated carbocycles. The molecule has 2 nitrogen and oxygen atoms in total. The van der Waals surface area contributed by atoms with E-state index >= 15 is 0 Å². The van der Waals surface area contributed by atoms with E-state index < -0.39 is 5.97 Å². The van der Waals surface area contributed by atoms with E-state index in [0.717, 1.165) is 22.4 Å². The largest absolute Gasteiger partial charge is 0.423 e. The van der Waals surface area contributed by atoms with Crippen molar-refractivity contribution in [3.63, 3.8) is 0 Å². The Kier molecular flexibility index (Phi) is 2.73. The fraction of sp³-hybridized carbons (Fsp3) is 0.0714. The van der Waals surface area contributed by atoms with E-state index in [1.54, 1.807) is 6.07 Å². The Morgan fingerprint density at radius 1 is 1.19 bits per heavy atom. The van der Waals surface area contributed by atoms with Gasteiger partial charge < -0.3 is 4.74 Å². The van der Waals surface area contributed by atoms with Crippen LogP contribution in [0.3, 0.4) is 0 Å². The highest BCUT2D eigenvalue weighted by molar-refractivity contribution is 5.94. The second kappa shape index (κ2) is 4.19. The number of carbonyl (C=O) groups is 1. The molecule has 2 aromatic rings. The van der Waals surface area contributed by atoms with Crippen molar-refractivity contribution in [3.05, 3.63) is 54.6 Å². The molecule has 0 radical (unpaired) electrons. The van der Waals surface area contributed by atoms with Crippen LogP contribution in [-0.2, 0) is 4.79 Å². The average Bonchev–Trinajstić information content (AvgIpc) is 2.33. The van der Waals surface area contributed by atoms with Crippen molar-refractivity contribution in [2.75, 3.05) is 0 Å². The summed E-state index contributed by atoms with van der Waals surface area (Å²) in [6.45, 7) is 5.41. The van der Waals surface area contributed by atoms with Gasteiger partial charge in [-0.2, -0.15) is 0 Å². The van der Waals surface area contributed by atoms with Gasteiger partial charge in [0.15, 0.2) is 0 Å². The summed E-state index contributed by atoms with van der Waals surface area (Å²) in [7, 11) is 0. The fourth-order valence-corrected chi connectivity index (χ4v) is 1.66. The molecule has 0 aliphatic heterocycles. The second-order valence-corrected chi connectivity index (χ2v) is 3.55. The van der Waals surface area contributed by atoms with Crippen molar-refractivity contribution in [2.45, 2.75) is 6.92 Å². The van der Waals surface area contributed by atoms with Gasteiger partial charge in [-0.05, 0) is 23.9 Å². The van der Waals surface area contributed by atoms with Crippen molar-refractivity contribution in [1.29, 1.82) is 0 Å². The van der Waals surface area contributed by atoms with Crippen LogP contribution in [0.15, 0.2) is 49.1 Å². The molecule has 0 unspecified atom stereocenters. The summed E-state index contributed by atoms with van der Waals surface area (Å²) >= 11 is 0. The Hall–Kier alpha value is -2.09. The van der Waals surface area contributed by atoms with Gasteiger partial charge in [0.25, 0.3) is 0 Å². The van der Waals surface area contributed by atoms with Gasteiger partial charge in [0.05, 0.1) is 0 Å². The Morgan fingerprint density at radius 2 is 1.88 bits per heavy atom. The summed E-state index contributed by atoms with van der Waals surface area (Å²) in [6.07, 6.45) is 1.16. The highest BCUT2D eigenvalue weighted by Crippen LogP contribution is 2.28. The Balaban J connectivity index is 2.58. The number of fused-ring (bicyclic) bond motifs is 1. The molecule has 0 amide bonds. The van der Waals surface area contributed by atoms with Crippen LogP contribution in [0.5, 0.6) is 5.75 Å². The van der Waals surface area contributed by atoms with Crippen molar-refractivity contribution < 1.29 is 9.53 Å². The number of ether oxygens (including phenoxy) is 1. The molecule has 0 fully saturated rings. The van der Waals surface area contributed by atoms with E-state index in [0.29, 0.717) is 5.75 Å². The minimum Gasteiger partial charge on any atom is -0.423 e. The molecule has 2 heteroatoms. The predicted octanol–water partition coefficient (Wildman–Crippen LogP) is 3.24. The lowest BCUT2D eigenvalue weighted by Gasteiger charge is -2.07. The number of rotatable bonds is 2. The summed E-state index contributed by atoms with van der Waals surface area (Å²) in [6, 6.07) is 11.6. The van der Waals surface area contributed by atoms with Gasteiger partial charge in [-0.3, -0.25) is 0 Å². The van der Waals surface area contributed by atoms with Crippen LogP contribution in [0.2, 0.25) is 0 Å². The number of aryl methyl sites for hydroxylation is 1. The molecular formula is C14H12O2. The quantitative estimate of drug-likeness (QED) is 0.434. The molecule has 16 heavy (non-hydrogen) atoms. The molecule has 2 rings (SSSR count). The molecule has 0 N–H and O–H groups in total. The highest BCUT2D eigenvalue weighted by Gasteiger charge is 2.06. The summed E-state index contributed by atoms with van der Waals surface area (Å²) in [4.78, 5) is 11.2. The van der Waals surface area contributed by atoms with Crippen LogP contribution in [0.4, 0.5) is 0 Å². The smallest absolute Gasteiger partial charge is 0.335 e. The van der Waals surface area contributed by atoms with Crippen LogP contribution in [0, 0.1) is 6.92 Å². The van der Waals surface area contributed by atoms with Gasteiger partial charge >= 0.3 is 5.97 Å². The molecule has 0 saturated heterocycles. The van der Waals surface area contributed by atoms with E-state index in [2.05, 4.69) is 6.58 Å². The van der Waals surface area contributed by atoms with E-state index in [1.165, 1.54) is 0 Å². The number of hydrogen-bond acceptors (Lipinski definition) is 2. The first-order chi connectivity index (χ1) is 7.72. The number of carbonyl (C=O) groups excluding carboxylic acids is 1. The lowest BCUT2D eigenvalue weighted by Crippen LogP contribution is -2.03. The average molecular weight is 212 g/mol. The van der Waals surface area contributed by atoms with Gasteiger partial charge in [-0.25, -0.2) is 4.79 Å². The molecule has 0 bridgehead atoms. The molecular weight excluding hydrogens is 200 g/mol. The van der Waals surface area contributed by atoms with Crippen LogP contribution >= 0.6 is 0 Å². The first-order valence-corrected chi connectivity index (χ1v) is 5.05. The van der Waals surface area contributed by atoms with Gasteiger partial charge in [0.1, 0.15) is 5.75 Å². The third-order valence-corrected chi connectivity index (χ3v) is 2.48. The van der Waals surface area contributed by atoms with Gasteiger partial charge in [-0.15, -0.1) is 0 Å². The maximum Gasteiger partial charge on any atom is 0.335 e. The van der Waals surface area contributed by atoms with E-state index in [4.69, 9.17) is 4.74 Å². The SMILES string of the molecule is C=CC(=O)Oc1ccc(C)c2ccccc12. The summed E-state index contributed by atoms with van der Waals surface area (Å²) in [5.74, 6) is 0.139. The van der Waals surface area contributed by atoms with Crippen LogP contribution < -0.4 is 4.74 Å². The summed E-state index contributed by atoms with van der Waals surface area (Å²) < 4.78 is 5.17. The predicted molar refractivity (Wildman–Crippen MR) is 64.5 cm³/mol. The van der Waals surface area contributed by atoms with Crippen LogP contribution in [0.1, 0.15) is 5.56 Å². The van der Waals surface area contributed by atoms with E-state index in [9.17, 15) is 4.79 Å². The summed E-state index contributed by atoms with van der Waals surface area (Å²) in [5.41, 5.74) is 1.16. The normalized spacial score (nSPS) is 10.1. The van der Waals surface area contributed by atoms with Crippen LogP contribution in [0.25, 0.3) is 10.8 Å². The summed E-state index contributed by atoms with van der Waals surface area (Å²) in [5, 5.41) is 2.04. The van der Waals surface area contributed by atoms with Crippen molar-refractivity contribution in [3.8, 4) is 5.75 Å². The van der Waals surface area contributed by atoms with Crippen molar-refractivity contribution >= 4 is 16.7 Å². The highest BCUT2D eigenvalue weighted by atomic mass is 16.5. The zero-order valence-electron chi connectivity index (χ0n) is 9.07. The second-order valence-electron chi connectivity index (χ2n) is 3.55. The van der Waals surface area contributed by atoms with Gasteiger partial charge in [0, 0.05) is 11.5 Å². The molecule has 0 aliphatic carbocycles. The maximum absolute atomic E-state index is 11.2. The Morgan fingerprint density at radius 3 is 2.56 bits per heavy atom. The van der Waals surface area contributed by atoms with Crippen molar-refractivity contribution in [1.82, 2.24) is 0 Å². The Bertz CT molecular complexity index is 556. The fourth-order valence-electron chi connectivity index (χ4n) is 1.66. The number of esters is 1. The number of benzene rings is 2. The van der Waals surface area contributed by atoms with E-state index in [-0.39, 0.29) is 0 Å². The number of hydrogen-bond donors (Lipinski definition) is 0. The molecule has 2 aromatic carbocycles. The van der Waals surface area contributed by atoms with Gasteiger partial charge in [-0.1, -0.05) is 36.9 Å². The molecule has 80 valence electrons. The Labute approximate surface area is 94.2 Å². The first kappa shape index (κ1) is 10.4. The third kappa shape index (κ3) is 1.82. The van der Waals surface area contributed by atoms with Crippen LogP contribution in [-0.4, -0.2) is 5.97 Å². The molecule has 0 heterocycles. The monoisotopic (exact) mass is 212 g/mol. The standard InChI is InChI=1S/C14H12O2/c1-3-14(15)16-13-9-8-10(2)11-6-4-5-7-12(11)13/h3-9H,1H2,2H3. The third-order valence-electron chi connectivity index (χ3n) is 2.48. The molecule has 0 aliphatic rings. The zero-order valence-corrected chi connectivity index (χ0v) is 9.07. The maximum atomic E-state index is 11.2. The molecule has 0 aromatic heterocycles. The minimum absolute atomic E-state index is 0.436. The zero-order chi connectivity index (χ0) is 11.5. The molecule has 0 atom stereocenters. The first-order valence-electron chi connectivity index (χ1n) is 5.05. The minimum atomic E-state index is -0.436. The van der Waals surface area contributed by atoms with Gasteiger partial charge in [0.2, 0.25) is 0 Å². The topological polar surface area (TPSA) is 26.3 Å². The lowest BCUT2D eigenvalue weighted by atomic mass is 10.1. The lowest BCUT2D eigenvalue weighted by molar-refractivity contribution is -0.128. The molecule has 0 spiro atoms.